The summed E-state index contributed by atoms with van der Waals surface area (Å²) in [5.41, 5.74) is 0.772. The van der Waals surface area contributed by atoms with Crippen molar-refractivity contribution >= 4 is 11.9 Å². The summed E-state index contributed by atoms with van der Waals surface area (Å²) in [7, 11) is 0. The molecule has 8 nitrogen and oxygen atoms in total. The van der Waals surface area contributed by atoms with Gasteiger partial charge in [-0.15, -0.1) is 0 Å². The summed E-state index contributed by atoms with van der Waals surface area (Å²) >= 11 is 0. The normalized spacial score (nSPS) is 14.7. The van der Waals surface area contributed by atoms with E-state index in [0.29, 0.717) is 18.5 Å². The topological polar surface area (TPSA) is 81.7 Å². The van der Waals surface area contributed by atoms with Crippen molar-refractivity contribution in [2.45, 2.75) is 39.3 Å². The molecule has 0 fully saturated rings. The average Bonchev–Trinajstić information content (AvgIpc) is 3.05. The number of amides is 1. The van der Waals surface area contributed by atoms with E-state index in [1.54, 1.807) is 9.58 Å². The molecule has 3 heterocycles. The second kappa shape index (κ2) is 5.03. The van der Waals surface area contributed by atoms with Gasteiger partial charge in [-0.1, -0.05) is 5.10 Å². The third kappa shape index (κ3) is 2.28. The molecule has 106 valence electrons. The molecular formula is C12H17N7O. The van der Waals surface area contributed by atoms with Crippen molar-refractivity contribution in [3.05, 3.63) is 18.0 Å². The van der Waals surface area contributed by atoms with Gasteiger partial charge in [0.05, 0.1) is 12.1 Å². The molecule has 0 aliphatic carbocycles. The number of carbonyl (C=O) groups is 1. The Morgan fingerprint density at radius 2 is 2.25 bits per heavy atom. The van der Waals surface area contributed by atoms with Crippen LogP contribution in [0.1, 0.15) is 32.0 Å². The number of carbonyl (C=O) groups excluding carboxylic acids is 1. The molecule has 1 amide bonds. The van der Waals surface area contributed by atoms with Gasteiger partial charge in [-0.2, -0.15) is 5.10 Å². The molecular weight excluding hydrogens is 258 g/mol. The highest BCUT2D eigenvalue weighted by atomic mass is 16.2. The van der Waals surface area contributed by atoms with Gasteiger partial charge in [0.15, 0.2) is 0 Å². The number of anilines is 1. The fourth-order valence-corrected chi connectivity index (χ4v) is 2.26. The molecule has 20 heavy (non-hydrogen) atoms. The smallest absolute Gasteiger partial charge is 0.252 e. The average molecular weight is 275 g/mol. The van der Waals surface area contributed by atoms with Crippen molar-refractivity contribution in [3.63, 3.8) is 0 Å². The van der Waals surface area contributed by atoms with Gasteiger partial charge < -0.3 is 0 Å². The lowest BCUT2D eigenvalue weighted by Crippen LogP contribution is -2.39. The van der Waals surface area contributed by atoms with E-state index in [9.17, 15) is 4.79 Å². The summed E-state index contributed by atoms with van der Waals surface area (Å²) in [5, 5.41) is 15.8. The van der Waals surface area contributed by atoms with Crippen LogP contribution >= 0.6 is 0 Å². The largest absolute Gasteiger partial charge is 0.279 e. The van der Waals surface area contributed by atoms with E-state index in [0.717, 1.165) is 18.7 Å². The Hall–Kier alpha value is -2.25. The van der Waals surface area contributed by atoms with Gasteiger partial charge in [-0.25, -0.2) is 4.68 Å². The second-order valence-electron chi connectivity index (χ2n) is 5.16. The van der Waals surface area contributed by atoms with Gasteiger partial charge >= 0.3 is 0 Å². The minimum atomic E-state index is -0.0187. The molecule has 0 atom stereocenters. The van der Waals surface area contributed by atoms with E-state index >= 15 is 0 Å². The van der Waals surface area contributed by atoms with Crippen molar-refractivity contribution in [2.75, 3.05) is 11.4 Å². The summed E-state index contributed by atoms with van der Waals surface area (Å²) in [6, 6.07) is 2.17. The number of aromatic nitrogens is 6. The Balaban J connectivity index is 1.74. The van der Waals surface area contributed by atoms with Crippen LogP contribution in [0.2, 0.25) is 0 Å². The Kier molecular flexibility index (Phi) is 3.21. The van der Waals surface area contributed by atoms with Crippen LogP contribution in [-0.2, 0) is 17.8 Å². The molecule has 0 aromatic carbocycles. The molecule has 0 bridgehead atoms. The maximum absolute atomic E-state index is 12.4. The Labute approximate surface area is 116 Å². The third-order valence-electron chi connectivity index (χ3n) is 3.33. The first-order valence-electron chi connectivity index (χ1n) is 6.75. The zero-order valence-corrected chi connectivity index (χ0v) is 11.6. The van der Waals surface area contributed by atoms with Crippen molar-refractivity contribution in [2.24, 2.45) is 0 Å². The first-order valence-corrected chi connectivity index (χ1v) is 6.75. The fraction of sp³-hybridized carbons (Fsp3) is 0.583. The van der Waals surface area contributed by atoms with E-state index in [1.165, 1.54) is 0 Å². The van der Waals surface area contributed by atoms with E-state index in [-0.39, 0.29) is 12.3 Å². The monoisotopic (exact) mass is 275 g/mol. The number of hydrogen-bond donors (Lipinski definition) is 0. The molecule has 2 aromatic rings. The van der Waals surface area contributed by atoms with Crippen LogP contribution in [0.15, 0.2) is 12.3 Å². The summed E-state index contributed by atoms with van der Waals surface area (Å²) in [6.45, 7) is 5.52. The Morgan fingerprint density at radius 1 is 1.40 bits per heavy atom. The second-order valence-corrected chi connectivity index (χ2v) is 5.16. The van der Waals surface area contributed by atoms with E-state index < -0.39 is 0 Å². The van der Waals surface area contributed by atoms with E-state index in [1.807, 2.05) is 16.9 Å². The Morgan fingerprint density at radius 3 is 3.00 bits per heavy atom. The number of hydrogen-bond acceptors (Lipinski definition) is 5. The van der Waals surface area contributed by atoms with Crippen LogP contribution in [0.3, 0.4) is 0 Å². The predicted octanol–water partition coefficient (Wildman–Crippen LogP) is 0.430. The fourth-order valence-electron chi connectivity index (χ4n) is 2.26. The number of rotatable bonds is 3. The molecule has 8 heteroatoms. The zero-order chi connectivity index (χ0) is 14.1. The predicted molar refractivity (Wildman–Crippen MR) is 71.1 cm³/mol. The standard InChI is InChI=1S/C12H17N7O/c1-9(2)18-7-4-10(14-18)8-11(20)17-5-3-6-19-12(17)13-15-16-19/h4,7,9H,3,5-6,8H2,1-2H3. The van der Waals surface area contributed by atoms with Gasteiger partial charge in [0.1, 0.15) is 0 Å². The molecule has 2 aromatic heterocycles. The highest BCUT2D eigenvalue weighted by molar-refractivity contribution is 5.93. The van der Waals surface area contributed by atoms with Gasteiger partial charge in [0.25, 0.3) is 5.95 Å². The lowest BCUT2D eigenvalue weighted by atomic mass is 10.2. The number of aryl methyl sites for hydroxylation is 1. The van der Waals surface area contributed by atoms with Crippen LogP contribution in [-0.4, -0.2) is 42.4 Å². The van der Waals surface area contributed by atoms with Crippen molar-refractivity contribution in [3.8, 4) is 0 Å². The quantitative estimate of drug-likeness (QED) is 0.811. The summed E-state index contributed by atoms with van der Waals surface area (Å²) in [6.07, 6.45) is 3.03. The minimum Gasteiger partial charge on any atom is -0.279 e. The van der Waals surface area contributed by atoms with Crippen LogP contribution in [0, 0.1) is 0 Å². The molecule has 1 aliphatic heterocycles. The van der Waals surface area contributed by atoms with Crippen LogP contribution in [0.4, 0.5) is 5.95 Å². The third-order valence-corrected chi connectivity index (χ3v) is 3.33. The zero-order valence-electron chi connectivity index (χ0n) is 11.6. The van der Waals surface area contributed by atoms with Crippen LogP contribution < -0.4 is 4.90 Å². The van der Waals surface area contributed by atoms with Gasteiger partial charge in [-0.05, 0) is 36.8 Å². The van der Waals surface area contributed by atoms with Crippen molar-refractivity contribution in [1.29, 1.82) is 0 Å². The van der Waals surface area contributed by atoms with E-state index in [2.05, 4.69) is 34.5 Å². The molecule has 0 N–H and O–H groups in total. The SMILES string of the molecule is CC(C)n1ccc(CC(=O)N2CCCn3nnnc32)n1. The van der Waals surface area contributed by atoms with Crippen LogP contribution in [0.5, 0.6) is 0 Å². The molecule has 0 spiro atoms. The summed E-state index contributed by atoms with van der Waals surface area (Å²) < 4.78 is 3.51. The van der Waals surface area contributed by atoms with E-state index in [4.69, 9.17) is 0 Å². The van der Waals surface area contributed by atoms with Gasteiger partial charge in [0, 0.05) is 25.3 Å². The number of tetrazole rings is 1. The van der Waals surface area contributed by atoms with Crippen LogP contribution in [0.25, 0.3) is 0 Å². The van der Waals surface area contributed by atoms with Gasteiger partial charge in [-0.3, -0.25) is 14.4 Å². The lowest BCUT2D eigenvalue weighted by molar-refractivity contribution is -0.118. The first kappa shape index (κ1) is 12.8. The first-order chi connectivity index (χ1) is 9.65. The minimum absolute atomic E-state index is 0.0187. The molecule has 3 rings (SSSR count). The molecule has 0 saturated heterocycles. The number of nitrogens with zero attached hydrogens (tertiary/aromatic N) is 7. The maximum Gasteiger partial charge on any atom is 0.252 e. The molecule has 0 radical (unpaired) electrons. The highest BCUT2D eigenvalue weighted by Crippen LogP contribution is 2.17. The molecule has 0 saturated carbocycles. The Bertz CT molecular complexity index is 615. The van der Waals surface area contributed by atoms with Crippen molar-refractivity contribution < 1.29 is 4.79 Å². The maximum atomic E-state index is 12.4. The molecule has 0 unspecified atom stereocenters. The summed E-state index contributed by atoms with van der Waals surface area (Å²) in [4.78, 5) is 14.0. The molecule has 1 aliphatic rings. The number of fused-ring (bicyclic) bond motifs is 1. The lowest BCUT2D eigenvalue weighted by Gasteiger charge is -2.24. The van der Waals surface area contributed by atoms with Crippen molar-refractivity contribution in [1.82, 2.24) is 30.0 Å². The highest BCUT2D eigenvalue weighted by Gasteiger charge is 2.25. The summed E-state index contributed by atoms with van der Waals surface area (Å²) in [5.74, 6) is 0.513. The van der Waals surface area contributed by atoms with Gasteiger partial charge in [0.2, 0.25) is 5.91 Å².